The lowest BCUT2D eigenvalue weighted by Gasteiger charge is -2.17. The Bertz CT molecular complexity index is 870. The van der Waals surface area contributed by atoms with Crippen molar-refractivity contribution in [1.82, 2.24) is 4.90 Å². The Kier molecular flexibility index (Phi) is 6.46. The van der Waals surface area contributed by atoms with Crippen molar-refractivity contribution in [2.45, 2.75) is 20.4 Å². The molecule has 0 bridgehead atoms. The number of nitrogens with zero attached hydrogens (tertiary/aromatic N) is 2. The smallest absolute Gasteiger partial charge is 0.293 e. The lowest BCUT2D eigenvalue weighted by atomic mass is 10.1. The van der Waals surface area contributed by atoms with Crippen molar-refractivity contribution >= 4 is 17.3 Å². The van der Waals surface area contributed by atoms with E-state index in [4.69, 9.17) is 4.74 Å². The van der Waals surface area contributed by atoms with Crippen LogP contribution in [0.15, 0.2) is 30.3 Å². The van der Waals surface area contributed by atoms with Gasteiger partial charge in [-0.25, -0.2) is 4.39 Å². The molecule has 0 aliphatic rings. The summed E-state index contributed by atoms with van der Waals surface area (Å²) < 4.78 is 18.6. The summed E-state index contributed by atoms with van der Waals surface area (Å²) in [6.45, 7) is 3.88. The minimum absolute atomic E-state index is 0.00180. The highest BCUT2D eigenvalue weighted by molar-refractivity contribution is 5.95. The van der Waals surface area contributed by atoms with Gasteiger partial charge in [0.1, 0.15) is 5.69 Å². The van der Waals surface area contributed by atoms with E-state index in [1.165, 1.54) is 25.3 Å². The zero-order valence-corrected chi connectivity index (χ0v) is 15.7. The minimum atomic E-state index is -0.522. The van der Waals surface area contributed by atoms with Crippen LogP contribution in [0.3, 0.4) is 0 Å². The molecule has 1 amide bonds. The Morgan fingerprint density at radius 2 is 2.00 bits per heavy atom. The molecule has 0 fully saturated rings. The van der Waals surface area contributed by atoms with Crippen LogP contribution in [0.4, 0.5) is 15.8 Å². The van der Waals surface area contributed by atoms with Gasteiger partial charge in [0, 0.05) is 12.6 Å². The SMILES string of the molecule is COc1ccc(CN(C)CC(=O)Nc2c([N+](=O)[O-])ccc(C)c2C)cc1F. The van der Waals surface area contributed by atoms with Crippen LogP contribution in [0.1, 0.15) is 16.7 Å². The number of amides is 1. The molecule has 2 aromatic rings. The fraction of sp³-hybridized carbons (Fsp3) is 0.316. The highest BCUT2D eigenvalue weighted by Crippen LogP contribution is 2.30. The van der Waals surface area contributed by atoms with Crippen molar-refractivity contribution in [3.05, 3.63) is 63.0 Å². The third-order valence-electron chi connectivity index (χ3n) is 4.26. The molecule has 0 aliphatic carbocycles. The van der Waals surface area contributed by atoms with Crippen molar-refractivity contribution in [3.8, 4) is 5.75 Å². The summed E-state index contributed by atoms with van der Waals surface area (Å²) in [4.78, 5) is 24.7. The molecular weight excluding hydrogens is 353 g/mol. The van der Waals surface area contributed by atoms with Gasteiger partial charge in [-0.2, -0.15) is 0 Å². The number of methoxy groups -OCH3 is 1. The number of nitrogens with one attached hydrogen (secondary N) is 1. The van der Waals surface area contributed by atoms with E-state index in [1.54, 1.807) is 31.0 Å². The van der Waals surface area contributed by atoms with Crippen molar-refractivity contribution in [1.29, 1.82) is 0 Å². The molecule has 0 heterocycles. The number of ether oxygens (including phenoxy) is 1. The number of carbonyl (C=O) groups excluding carboxylic acids is 1. The summed E-state index contributed by atoms with van der Waals surface area (Å²) >= 11 is 0. The first-order valence-electron chi connectivity index (χ1n) is 8.28. The molecule has 0 spiro atoms. The molecular formula is C19H22FN3O4. The molecule has 144 valence electrons. The fourth-order valence-corrected chi connectivity index (χ4v) is 2.71. The minimum Gasteiger partial charge on any atom is -0.494 e. The Labute approximate surface area is 156 Å². The second-order valence-electron chi connectivity index (χ2n) is 6.35. The third-order valence-corrected chi connectivity index (χ3v) is 4.26. The first kappa shape index (κ1) is 20.3. The van der Waals surface area contributed by atoms with E-state index in [2.05, 4.69) is 5.32 Å². The maximum absolute atomic E-state index is 13.8. The van der Waals surface area contributed by atoms with Gasteiger partial charge < -0.3 is 10.1 Å². The quantitative estimate of drug-likeness (QED) is 0.592. The molecule has 7 nitrogen and oxygen atoms in total. The van der Waals surface area contributed by atoms with Gasteiger partial charge in [0.2, 0.25) is 5.91 Å². The van der Waals surface area contributed by atoms with Gasteiger partial charge in [-0.15, -0.1) is 0 Å². The molecule has 2 rings (SSSR count). The number of carbonyl (C=O) groups is 1. The van der Waals surface area contributed by atoms with E-state index in [1.807, 2.05) is 6.92 Å². The van der Waals surface area contributed by atoms with Gasteiger partial charge in [0.05, 0.1) is 18.6 Å². The monoisotopic (exact) mass is 375 g/mol. The van der Waals surface area contributed by atoms with Gasteiger partial charge in [-0.3, -0.25) is 19.8 Å². The number of hydrogen-bond acceptors (Lipinski definition) is 5. The lowest BCUT2D eigenvalue weighted by molar-refractivity contribution is -0.384. The van der Waals surface area contributed by atoms with Crippen LogP contribution in [0.2, 0.25) is 0 Å². The predicted octanol–water partition coefficient (Wildman–Crippen LogP) is 3.43. The van der Waals surface area contributed by atoms with Crippen LogP contribution in [0.5, 0.6) is 5.75 Å². The standard InChI is InChI=1S/C19H22FN3O4/c1-12-5-7-16(23(25)26)19(13(12)2)21-18(24)11-22(3)10-14-6-8-17(27-4)15(20)9-14/h5-9H,10-11H2,1-4H3,(H,21,24). The van der Waals surface area contributed by atoms with Gasteiger partial charge in [-0.1, -0.05) is 12.1 Å². The van der Waals surface area contributed by atoms with Crippen LogP contribution in [0.25, 0.3) is 0 Å². The molecule has 0 aromatic heterocycles. The summed E-state index contributed by atoms with van der Waals surface area (Å²) in [6, 6.07) is 7.61. The van der Waals surface area contributed by atoms with E-state index in [9.17, 15) is 19.3 Å². The first-order chi connectivity index (χ1) is 12.7. The number of nitro groups is 1. The van der Waals surface area contributed by atoms with Crippen LogP contribution >= 0.6 is 0 Å². The molecule has 2 aromatic carbocycles. The molecule has 0 aliphatic heterocycles. The molecule has 0 saturated carbocycles. The number of benzene rings is 2. The maximum Gasteiger partial charge on any atom is 0.293 e. The normalized spacial score (nSPS) is 10.7. The molecule has 0 atom stereocenters. The molecule has 8 heteroatoms. The zero-order valence-electron chi connectivity index (χ0n) is 15.7. The topological polar surface area (TPSA) is 84.7 Å². The van der Waals surface area contributed by atoms with E-state index in [-0.39, 0.29) is 29.6 Å². The summed E-state index contributed by atoms with van der Waals surface area (Å²) in [6.07, 6.45) is 0. The van der Waals surface area contributed by atoms with Crippen molar-refractivity contribution in [2.75, 3.05) is 26.0 Å². The summed E-state index contributed by atoms with van der Waals surface area (Å²) in [7, 11) is 3.10. The van der Waals surface area contributed by atoms with Crippen LogP contribution < -0.4 is 10.1 Å². The summed E-state index contributed by atoms with van der Waals surface area (Å²) in [5, 5.41) is 13.8. The highest BCUT2D eigenvalue weighted by atomic mass is 19.1. The number of rotatable bonds is 7. The average molecular weight is 375 g/mol. The molecule has 0 radical (unpaired) electrons. The second kappa shape index (κ2) is 8.59. The number of likely N-dealkylation sites (N-methyl/N-ethyl adjacent to an activating group) is 1. The first-order valence-corrected chi connectivity index (χ1v) is 8.28. The second-order valence-corrected chi connectivity index (χ2v) is 6.35. The number of anilines is 1. The Morgan fingerprint density at radius 1 is 1.30 bits per heavy atom. The molecule has 1 N–H and O–H groups in total. The van der Waals surface area contributed by atoms with Gasteiger partial charge in [-0.05, 0) is 49.7 Å². The van der Waals surface area contributed by atoms with E-state index in [0.29, 0.717) is 17.7 Å². The van der Waals surface area contributed by atoms with Gasteiger partial charge in [0.25, 0.3) is 5.69 Å². The predicted molar refractivity (Wildman–Crippen MR) is 100 cm³/mol. The zero-order chi connectivity index (χ0) is 20.1. The van der Waals surface area contributed by atoms with Gasteiger partial charge in [0.15, 0.2) is 11.6 Å². The maximum atomic E-state index is 13.8. The van der Waals surface area contributed by atoms with E-state index < -0.39 is 10.7 Å². The molecule has 0 unspecified atom stereocenters. The van der Waals surface area contributed by atoms with Gasteiger partial charge >= 0.3 is 0 Å². The highest BCUT2D eigenvalue weighted by Gasteiger charge is 2.20. The van der Waals surface area contributed by atoms with E-state index in [0.717, 1.165) is 5.56 Å². The number of nitro benzene ring substituents is 1. The fourth-order valence-electron chi connectivity index (χ4n) is 2.71. The van der Waals surface area contributed by atoms with Crippen LogP contribution in [-0.2, 0) is 11.3 Å². The van der Waals surface area contributed by atoms with Crippen LogP contribution in [0, 0.1) is 29.8 Å². The van der Waals surface area contributed by atoms with Crippen molar-refractivity contribution in [3.63, 3.8) is 0 Å². The van der Waals surface area contributed by atoms with Crippen LogP contribution in [-0.4, -0.2) is 36.4 Å². The lowest BCUT2D eigenvalue weighted by Crippen LogP contribution is -2.30. The summed E-state index contributed by atoms with van der Waals surface area (Å²) in [5.74, 6) is -0.705. The van der Waals surface area contributed by atoms with Crippen molar-refractivity contribution in [2.24, 2.45) is 0 Å². The Hall–Kier alpha value is -3.00. The Balaban J connectivity index is 2.06. The Morgan fingerprint density at radius 3 is 2.59 bits per heavy atom. The van der Waals surface area contributed by atoms with Crippen molar-refractivity contribution < 1.29 is 18.8 Å². The third kappa shape index (κ3) is 5.01. The average Bonchev–Trinajstić information content (AvgIpc) is 2.58. The number of halogens is 1. The summed E-state index contributed by atoms with van der Waals surface area (Å²) in [5.41, 5.74) is 2.23. The number of aryl methyl sites for hydroxylation is 1. The number of hydrogen-bond donors (Lipinski definition) is 1. The molecule has 0 saturated heterocycles. The molecule has 27 heavy (non-hydrogen) atoms. The largest absolute Gasteiger partial charge is 0.494 e. The van der Waals surface area contributed by atoms with E-state index >= 15 is 0 Å².